The summed E-state index contributed by atoms with van der Waals surface area (Å²) in [6.07, 6.45) is 1.69. The van der Waals surface area contributed by atoms with Crippen LogP contribution in [-0.2, 0) is 0 Å². The third kappa shape index (κ3) is 2.42. The van der Waals surface area contributed by atoms with Crippen LogP contribution in [0, 0.1) is 0 Å². The van der Waals surface area contributed by atoms with Crippen LogP contribution in [0.15, 0.2) is 42.6 Å². The third-order valence-electron chi connectivity index (χ3n) is 2.14. The van der Waals surface area contributed by atoms with Crippen molar-refractivity contribution in [1.82, 2.24) is 4.98 Å². The molecule has 0 radical (unpaired) electrons. The summed E-state index contributed by atoms with van der Waals surface area (Å²) in [6, 6.07) is 11.3. The number of anilines is 3. The van der Waals surface area contributed by atoms with Crippen LogP contribution in [0.2, 0.25) is 0 Å². The van der Waals surface area contributed by atoms with E-state index in [4.69, 9.17) is 10.5 Å². The first-order valence-electron chi connectivity index (χ1n) is 4.90. The lowest BCUT2D eigenvalue weighted by atomic mass is 10.3. The SMILES string of the molecule is COc1cccc(Nc2ccc(N)nc2)c1. The third-order valence-corrected chi connectivity index (χ3v) is 2.14. The Kier molecular flexibility index (Phi) is 2.91. The lowest BCUT2D eigenvalue weighted by Crippen LogP contribution is -1.94. The summed E-state index contributed by atoms with van der Waals surface area (Å²) < 4.78 is 5.14. The van der Waals surface area contributed by atoms with Crippen LogP contribution in [0.3, 0.4) is 0 Å². The van der Waals surface area contributed by atoms with Gasteiger partial charge in [0.05, 0.1) is 19.0 Å². The molecule has 0 aliphatic heterocycles. The minimum atomic E-state index is 0.510. The highest BCUT2D eigenvalue weighted by molar-refractivity contribution is 5.61. The summed E-state index contributed by atoms with van der Waals surface area (Å²) in [4.78, 5) is 4.00. The van der Waals surface area contributed by atoms with Crippen LogP contribution in [0.4, 0.5) is 17.2 Å². The highest BCUT2D eigenvalue weighted by Crippen LogP contribution is 2.20. The zero-order chi connectivity index (χ0) is 11.4. The van der Waals surface area contributed by atoms with Crippen LogP contribution in [0.5, 0.6) is 5.75 Å². The summed E-state index contributed by atoms with van der Waals surface area (Å²) in [6.45, 7) is 0. The van der Waals surface area contributed by atoms with E-state index in [1.54, 1.807) is 19.4 Å². The van der Waals surface area contributed by atoms with Gasteiger partial charge in [-0.3, -0.25) is 0 Å². The molecule has 16 heavy (non-hydrogen) atoms. The molecule has 82 valence electrons. The van der Waals surface area contributed by atoms with Gasteiger partial charge in [-0.25, -0.2) is 4.98 Å². The average Bonchev–Trinajstić information content (AvgIpc) is 2.32. The Balaban J connectivity index is 2.16. The van der Waals surface area contributed by atoms with Gasteiger partial charge in [-0.15, -0.1) is 0 Å². The number of rotatable bonds is 3. The van der Waals surface area contributed by atoms with Crippen molar-refractivity contribution in [2.75, 3.05) is 18.2 Å². The molecule has 0 unspecified atom stereocenters. The quantitative estimate of drug-likeness (QED) is 0.825. The van der Waals surface area contributed by atoms with Crippen molar-refractivity contribution in [2.45, 2.75) is 0 Å². The molecule has 4 heteroatoms. The standard InChI is InChI=1S/C12H13N3O/c1-16-11-4-2-3-9(7-11)15-10-5-6-12(13)14-8-10/h2-8,15H,1H3,(H2,13,14). The number of benzene rings is 1. The van der Waals surface area contributed by atoms with Gasteiger partial charge in [0.2, 0.25) is 0 Å². The second kappa shape index (κ2) is 4.53. The maximum Gasteiger partial charge on any atom is 0.123 e. The zero-order valence-corrected chi connectivity index (χ0v) is 8.97. The van der Waals surface area contributed by atoms with Crippen molar-refractivity contribution in [3.05, 3.63) is 42.6 Å². The molecule has 1 aromatic carbocycles. The molecule has 0 aliphatic carbocycles. The molecule has 0 aliphatic rings. The maximum atomic E-state index is 5.51. The minimum Gasteiger partial charge on any atom is -0.497 e. The second-order valence-corrected chi connectivity index (χ2v) is 3.33. The van der Waals surface area contributed by atoms with Crippen molar-refractivity contribution in [2.24, 2.45) is 0 Å². The molecule has 0 spiro atoms. The molecule has 3 N–H and O–H groups in total. The molecule has 0 atom stereocenters. The fourth-order valence-electron chi connectivity index (χ4n) is 1.35. The fraction of sp³-hybridized carbons (Fsp3) is 0.0833. The number of pyridine rings is 1. The Labute approximate surface area is 94.1 Å². The number of nitrogens with one attached hydrogen (secondary N) is 1. The van der Waals surface area contributed by atoms with Crippen LogP contribution in [-0.4, -0.2) is 12.1 Å². The highest BCUT2D eigenvalue weighted by atomic mass is 16.5. The predicted octanol–water partition coefficient (Wildman–Crippen LogP) is 2.42. The molecule has 0 saturated carbocycles. The fourth-order valence-corrected chi connectivity index (χ4v) is 1.35. The molecule has 4 nitrogen and oxygen atoms in total. The van der Waals surface area contributed by atoms with E-state index < -0.39 is 0 Å². The van der Waals surface area contributed by atoms with Crippen LogP contribution in [0.1, 0.15) is 0 Å². The van der Waals surface area contributed by atoms with Crippen LogP contribution in [0.25, 0.3) is 0 Å². The van der Waals surface area contributed by atoms with Crippen molar-refractivity contribution >= 4 is 17.2 Å². The number of hydrogen-bond donors (Lipinski definition) is 2. The summed E-state index contributed by atoms with van der Waals surface area (Å²) in [5, 5.41) is 3.21. The van der Waals surface area contributed by atoms with Crippen LogP contribution >= 0.6 is 0 Å². The zero-order valence-electron chi connectivity index (χ0n) is 8.97. The van der Waals surface area contributed by atoms with E-state index in [9.17, 15) is 0 Å². The number of methoxy groups -OCH3 is 1. The number of nitrogen functional groups attached to an aromatic ring is 1. The topological polar surface area (TPSA) is 60.2 Å². The van der Waals surface area contributed by atoms with Gasteiger partial charge >= 0.3 is 0 Å². The highest BCUT2D eigenvalue weighted by Gasteiger charge is 1.97. The first kappa shape index (κ1) is 10.3. The monoisotopic (exact) mass is 215 g/mol. The number of aromatic nitrogens is 1. The van der Waals surface area contributed by atoms with E-state index in [-0.39, 0.29) is 0 Å². The molecular weight excluding hydrogens is 202 g/mol. The van der Waals surface area contributed by atoms with Gasteiger partial charge < -0.3 is 15.8 Å². The summed E-state index contributed by atoms with van der Waals surface area (Å²) in [7, 11) is 1.64. The number of ether oxygens (including phenoxy) is 1. The predicted molar refractivity (Wildman–Crippen MR) is 64.9 cm³/mol. The molecule has 0 amide bonds. The number of hydrogen-bond acceptors (Lipinski definition) is 4. The second-order valence-electron chi connectivity index (χ2n) is 3.33. The van der Waals surface area contributed by atoms with Crippen molar-refractivity contribution in [3.63, 3.8) is 0 Å². The molecule has 2 rings (SSSR count). The lowest BCUT2D eigenvalue weighted by molar-refractivity contribution is 0.415. The molecule has 0 saturated heterocycles. The van der Waals surface area contributed by atoms with E-state index in [2.05, 4.69) is 10.3 Å². The molecule has 0 fully saturated rings. The maximum absolute atomic E-state index is 5.51. The minimum absolute atomic E-state index is 0.510. The van der Waals surface area contributed by atoms with Gasteiger partial charge in [0.15, 0.2) is 0 Å². The smallest absolute Gasteiger partial charge is 0.123 e. The Hall–Kier alpha value is -2.23. The Morgan fingerprint density at radius 1 is 1.19 bits per heavy atom. The molecule has 1 heterocycles. The van der Waals surface area contributed by atoms with E-state index in [1.165, 1.54) is 0 Å². The van der Waals surface area contributed by atoms with Gasteiger partial charge in [0.25, 0.3) is 0 Å². The normalized spacial score (nSPS) is 9.81. The van der Waals surface area contributed by atoms with Crippen molar-refractivity contribution in [1.29, 1.82) is 0 Å². The van der Waals surface area contributed by atoms with E-state index >= 15 is 0 Å². The van der Waals surface area contributed by atoms with Gasteiger partial charge in [-0.05, 0) is 24.3 Å². The first-order valence-corrected chi connectivity index (χ1v) is 4.90. The van der Waals surface area contributed by atoms with Crippen LogP contribution < -0.4 is 15.8 Å². The van der Waals surface area contributed by atoms with Gasteiger partial charge in [0, 0.05) is 11.8 Å². The summed E-state index contributed by atoms with van der Waals surface area (Å²) in [5.74, 6) is 1.32. The molecular formula is C12H13N3O. The Morgan fingerprint density at radius 3 is 2.75 bits per heavy atom. The van der Waals surface area contributed by atoms with Crippen molar-refractivity contribution < 1.29 is 4.74 Å². The number of nitrogens with zero attached hydrogens (tertiary/aromatic N) is 1. The van der Waals surface area contributed by atoms with E-state index in [0.29, 0.717) is 5.82 Å². The number of nitrogens with two attached hydrogens (primary N) is 1. The van der Waals surface area contributed by atoms with Gasteiger partial charge in [0.1, 0.15) is 11.6 Å². The molecule has 0 bridgehead atoms. The van der Waals surface area contributed by atoms with Gasteiger partial charge in [-0.1, -0.05) is 6.07 Å². The lowest BCUT2D eigenvalue weighted by Gasteiger charge is -2.07. The molecule has 2 aromatic rings. The molecule has 1 aromatic heterocycles. The Morgan fingerprint density at radius 2 is 2.06 bits per heavy atom. The average molecular weight is 215 g/mol. The first-order chi connectivity index (χ1) is 7.78. The van der Waals surface area contributed by atoms with E-state index in [0.717, 1.165) is 17.1 Å². The van der Waals surface area contributed by atoms with E-state index in [1.807, 2.05) is 30.3 Å². The van der Waals surface area contributed by atoms with Gasteiger partial charge in [-0.2, -0.15) is 0 Å². The summed E-state index contributed by atoms with van der Waals surface area (Å²) in [5.41, 5.74) is 7.35. The van der Waals surface area contributed by atoms with Crippen molar-refractivity contribution in [3.8, 4) is 5.75 Å². The Bertz CT molecular complexity index is 468. The summed E-state index contributed by atoms with van der Waals surface area (Å²) >= 11 is 0. The largest absolute Gasteiger partial charge is 0.497 e.